The molecule has 7 heteroatoms. The summed E-state index contributed by atoms with van der Waals surface area (Å²) in [7, 11) is 0. The summed E-state index contributed by atoms with van der Waals surface area (Å²) in [4.78, 5) is 18.0. The number of hydrogen-bond donors (Lipinski definition) is 1. The molecule has 0 spiro atoms. The number of fused-ring (bicyclic) bond motifs is 1. The quantitative estimate of drug-likeness (QED) is 0.881. The molecule has 1 aliphatic heterocycles. The van der Waals surface area contributed by atoms with Crippen LogP contribution in [0.4, 0.5) is 5.69 Å². The SMILES string of the molecule is O=C(CSc1ncn[nH]1)N1CCc2ccc(Cl)cc21. The highest BCUT2D eigenvalue weighted by molar-refractivity contribution is 7.99. The normalized spacial score (nSPS) is 13.6. The van der Waals surface area contributed by atoms with E-state index in [1.54, 1.807) is 4.90 Å². The van der Waals surface area contributed by atoms with Gasteiger partial charge >= 0.3 is 0 Å². The van der Waals surface area contributed by atoms with E-state index < -0.39 is 0 Å². The zero-order chi connectivity index (χ0) is 13.2. The minimum Gasteiger partial charge on any atom is -0.311 e. The Bertz CT molecular complexity index is 602. The number of aromatic amines is 1. The van der Waals surface area contributed by atoms with Gasteiger partial charge in [0.25, 0.3) is 0 Å². The molecular weight excluding hydrogens is 284 g/mol. The van der Waals surface area contributed by atoms with Crippen LogP contribution in [0.15, 0.2) is 29.7 Å². The van der Waals surface area contributed by atoms with Crippen LogP contribution < -0.4 is 4.90 Å². The third-order valence-electron chi connectivity index (χ3n) is 2.97. The van der Waals surface area contributed by atoms with E-state index in [0.717, 1.165) is 12.1 Å². The molecule has 1 aromatic carbocycles. The molecule has 0 bridgehead atoms. The second-order valence-corrected chi connectivity index (χ2v) is 5.55. The molecule has 3 rings (SSSR count). The van der Waals surface area contributed by atoms with Gasteiger partial charge in [-0.25, -0.2) is 4.98 Å². The Morgan fingerprint density at radius 2 is 2.42 bits per heavy atom. The molecule has 0 unspecified atom stereocenters. The van der Waals surface area contributed by atoms with E-state index in [-0.39, 0.29) is 5.91 Å². The van der Waals surface area contributed by atoms with Crippen molar-refractivity contribution in [2.45, 2.75) is 11.6 Å². The number of amides is 1. The van der Waals surface area contributed by atoms with Gasteiger partial charge in [-0.05, 0) is 24.1 Å². The number of aromatic nitrogens is 3. The minimum atomic E-state index is 0.0578. The molecule has 19 heavy (non-hydrogen) atoms. The predicted octanol–water partition coefficient (Wildman–Crippen LogP) is 2.14. The molecule has 0 aliphatic carbocycles. The second kappa shape index (κ2) is 5.22. The van der Waals surface area contributed by atoms with E-state index >= 15 is 0 Å². The van der Waals surface area contributed by atoms with Gasteiger partial charge in [0.15, 0.2) is 5.16 Å². The molecular formula is C12H11ClN4OS. The molecule has 0 atom stereocenters. The summed E-state index contributed by atoms with van der Waals surface area (Å²) in [5.74, 6) is 0.392. The van der Waals surface area contributed by atoms with Crippen molar-refractivity contribution in [2.24, 2.45) is 0 Å². The first-order valence-corrected chi connectivity index (χ1v) is 7.17. The summed E-state index contributed by atoms with van der Waals surface area (Å²) in [5, 5.41) is 7.77. The summed E-state index contributed by atoms with van der Waals surface area (Å²) in [6.07, 6.45) is 2.31. The lowest BCUT2D eigenvalue weighted by molar-refractivity contribution is -0.116. The third-order valence-corrected chi connectivity index (χ3v) is 4.07. The van der Waals surface area contributed by atoms with Crippen LogP contribution in [0.2, 0.25) is 5.02 Å². The molecule has 0 saturated heterocycles. The van der Waals surface area contributed by atoms with Gasteiger partial charge in [0.05, 0.1) is 5.75 Å². The first kappa shape index (κ1) is 12.5. The summed E-state index contributed by atoms with van der Waals surface area (Å²) < 4.78 is 0. The Kier molecular flexibility index (Phi) is 3.44. The number of hydrogen-bond acceptors (Lipinski definition) is 4. The number of halogens is 1. The highest BCUT2D eigenvalue weighted by atomic mass is 35.5. The number of H-pyrrole nitrogens is 1. The van der Waals surface area contributed by atoms with Gasteiger partial charge in [-0.2, -0.15) is 5.10 Å². The van der Waals surface area contributed by atoms with Gasteiger partial charge in [-0.3, -0.25) is 9.89 Å². The lowest BCUT2D eigenvalue weighted by atomic mass is 10.2. The van der Waals surface area contributed by atoms with Crippen molar-refractivity contribution >= 4 is 35.0 Å². The second-order valence-electron chi connectivity index (χ2n) is 4.15. The summed E-state index contributed by atoms with van der Waals surface area (Å²) in [5.41, 5.74) is 2.10. The Morgan fingerprint density at radius 3 is 3.21 bits per heavy atom. The molecule has 1 amide bonds. The number of thioether (sulfide) groups is 1. The van der Waals surface area contributed by atoms with Crippen molar-refractivity contribution < 1.29 is 4.79 Å². The summed E-state index contributed by atoms with van der Waals surface area (Å²) >= 11 is 7.33. The summed E-state index contributed by atoms with van der Waals surface area (Å²) in [6, 6.07) is 5.69. The largest absolute Gasteiger partial charge is 0.311 e. The Hall–Kier alpha value is -1.53. The van der Waals surface area contributed by atoms with E-state index in [0.29, 0.717) is 22.5 Å². The number of benzene rings is 1. The standard InChI is InChI=1S/C12H11ClN4OS/c13-9-2-1-8-3-4-17(10(8)5-9)11(18)6-19-12-14-7-15-16-12/h1-2,5,7H,3-4,6H2,(H,14,15,16). The molecule has 1 aromatic heterocycles. The van der Waals surface area contributed by atoms with Crippen LogP contribution in [0.1, 0.15) is 5.56 Å². The minimum absolute atomic E-state index is 0.0578. The van der Waals surface area contributed by atoms with Crippen molar-refractivity contribution in [1.29, 1.82) is 0 Å². The number of anilines is 1. The lowest BCUT2D eigenvalue weighted by Crippen LogP contribution is -2.30. The van der Waals surface area contributed by atoms with Crippen LogP contribution in [0.3, 0.4) is 0 Å². The Morgan fingerprint density at radius 1 is 1.53 bits per heavy atom. The van der Waals surface area contributed by atoms with Crippen LogP contribution in [0.5, 0.6) is 0 Å². The Balaban J connectivity index is 1.71. The number of nitrogens with one attached hydrogen (secondary N) is 1. The maximum absolute atomic E-state index is 12.2. The molecule has 98 valence electrons. The first-order chi connectivity index (χ1) is 9.24. The van der Waals surface area contributed by atoms with E-state index in [1.165, 1.54) is 23.7 Å². The van der Waals surface area contributed by atoms with Crippen molar-refractivity contribution in [3.8, 4) is 0 Å². The topological polar surface area (TPSA) is 61.9 Å². The zero-order valence-corrected chi connectivity index (χ0v) is 11.5. The fraction of sp³-hybridized carbons (Fsp3) is 0.250. The molecule has 0 saturated carbocycles. The van der Waals surface area contributed by atoms with Gasteiger partial charge < -0.3 is 4.90 Å². The van der Waals surface area contributed by atoms with Crippen LogP contribution in [-0.2, 0) is 11.2 Å². The third kappa shape index (κ3) is 2.59. The number of rotatable bonds is 3. The van der Waals surface area contributed by atoms with E-state index in [9.17, 15) is 4.79 Å². The van der Waals surface area contributed by atoms with Crippen molar-refractivity contribution in [3.05, 3.63) is 35.1 Å². The zero-order valence-electron chi connectivity index (χ0n) is 9.97. The number of carbonyl (C=O) groups excluding carboxylic acids is 1. The lowest BCUT2D eigenvalue weighted by Gasteiger charge is -2.16. The highest BCUT2D eigenvalue weighted by Crippen LogP contribution is 2.31. The first-order valence-electron chi connectivity index (χ1n) is 5.81. The monoisotopic (exact) mass is 294 g/mol. The van der Waals surface area contributed by atoms with E-state index in [4.69, 9.17) is 11.6 Å². The molecule has 2 aromatic rings. The summed E-state index contributed by atoms with van der Waals surface area (Å²) in [6.45, 7) is 0.714. The molecule has 1 N–H and O–H groups in total. The van der Waals surface area contributed by atoms with Gasteiger partial charge in [0.1, 0.15) is 6.33 Å². The maximum atomic E-state index is 12.2. The molecule has 2 heterocycles. The van der Waals surface area contributed by atoms with Gasteiger partial charge in [-0.15, -0.1) is 0 Å². The fourth-order valence-electron chi connectivity index (χ4n) is 2.08. The molecule has 0 fully saturated rings. The molecule has 5 nitrogen and oxygen atoms in total. The van der Waals surface area contributed by atoms with Crippen molar-refractivity contribution in [1.82, 2.24) is 15.2 Å². The van der Waals surface area contributed by atoms with Gasteiger partial charge in [0.2, 0.25) is 5.91 Å². The van der Waals surface area contributed by atoms with Crippen LogP contribution >= 0.6 is 23.4 Å². The molecule has 1 aliphatic rings. The fourth-order valence-corrected chi connectivity index (χ4v) is 2.90. The number of carbonyl (C=O) groups is 1. The molecule has 0 radical (unpaired) electrons. The van der Waals surface area contributed by atoms with E-state index in [2.05, 4.69) is 15.2 Å². The predicted molar refractivity (Wildman–Crippen MR) is 74.6 cm³/mol. The van der Waals surface area contributed by atoms with Gasteiger partial charge in [-0.1, -0.05) is 29.4 Å². The average molecular weight is 295 g/mol. The van der Waals surface area contributed by atoms with Crippen LogP contribution in [-0.4, -0.2) is 33.4 Å². The highest BCUT2D eigenvalue weighted by Gasteiger charge is 2.24. The Labute approximate surface area is 119 Å². The van der Waals surface area contributed by atoms with Crippen molar-refractivity contribution in [2.75, 3.05) is 17.2 Å². The van der Waals surface area contributed by atoms with Crippen LogP contribution in [0, 0.1) is 0 Å². The average Bonchev–Trinajstić information content (AvgIpc) is 3.04. The maximum Gasteiger partial charge on any atom is 0.237 e. The van der Waals surface area contributed by atoms with E-state index in [1.807, 2.05) is 18.2 Å². The van der Waals surface area contributed by atoms with Crippen molar-refractivity contribution in [3.63, 3.8) is 0 Å². The van der Waals surface area contributed by atoms with Gasteiger partial charge in [0, 0.05) is 17.3 Å². The number of nitrogens with zero attached hydrogens (tertiary/aromatic N) is 3. The smallest absolute Gasteiger partial charge is 0.237 e. The van der Waals surface area contributed by atoms with Crippen LogP contribution in [0.25, 0.3) is 0 Å².